The van der Waals surface area contributed by atoms with Crippen molar-refractivity contribution in [3.05, 3.63) is 52.3 Å². The highest BCUT2D eigenvalue weighted by Gasteiger charge is 2.08. The summed E-state index contributed by atoms with van der Waals surface area (Å²) >= 11 is 0. The molecule has 1 aromatic carbocycles. The lowest BCUT2D eigenvalue weighted by Gasteiger charge is -2.05. The summed E-state index contributed by atoms with van der Waals surface area (Å²) in [5.74, 6) is 0.626. The van der Waals surface area contributed by atoms with E-state index in [2.05, 4.69) is 9.97 Å². The van der Waals surface area contributed by atoms with Crippen molar-refractivity contribution in [1.29, 1.82) is 0 Å². The van der Waals surface area contributed by atoms with Gasteiger partial charge in [-0.2, -0.15) is 9.97 Å². The van der Waals surface area contributed by atoms with Crippen LogP contribution >= 0.6 is 0 Å². The molecule has 0 spiro atoms. The highest BCUT2D eigenvalue weighted by Crippen LogP contribution is 2.22. The maximum atomic E-state index is 10.4. The summed E-state index contributed by atoms with van der Waals surface area (Å²) in [5, 5.41) is 10.4. The van der Waals surface area contributed by atoms with Crippen LogP contribution in [0.5, 0.6) is 11.8 Å². The van der Waals surface area contributed by atoms with Gasteiger partial charge >= 0.3 is 11.7 Å². The van der Waals surface area contributed by atoms with Crippen molar-refractivity contribution in [2.45, 2.75) is 6.92 Å². The molecule has 0 amide bonds. The number of hydrogen-bond donors (Lipinski definition) is 0. The molecule has 0 radical (unpaired) electrons. The minimum Gasteiger partial charge on any atom is -0.424 e. The Morgan fingerprint density at radius 3 is 2.47 bits per heavy atom. The van der Waals surface area contributed by atoms with Crippen molar-refractivity contribution in [2.75, 3.05) is 0 Å². The van der Waals surface area contributed by atoms with Gasteiger partial charge in [-0.25, -0.2) is 0 Å². The Morgan fingerprint density at radius 2 is 1.88 bits per heavy atom. The molecule has 0 aliphatic rings. The maximum Gasteiger partial charge on any atom is 0.322 e. The van der Waals surface area contributed by atoms with Crippen molar-refractivity contribution < 1.29 is 9.66 Å². The summed E-state index contributed by atoms with van der Waals surface area (Å²) in [6.45, 7) is 1.89. The number of para-hydroxylation sites is 1. The molecule has 2 rings (SSSR count). The average molecular weight is 231 g/mol. The second-order valence-corrected chi connectivity index (χ2v) is 3.35. The number of aryl methyl sites for hydroxylation is 1. The van der Waals surface area contributed by atoms with Crippen molar-refractivity contribution in [3.8, 4) is 11.8 Å². The van der Waals surface area contributed by atoms with Crippen LogP contribution in [0.3, 0.4) is 0 Å². The Morgan fingerprint density at radius 1 is 1.24 bits per heavy atom. The monoisotopic (exact) mass is 231 g/mol. The number of nitrogens with zero attached hydrogens (tertiary/aromatic N) is 3. The second-order valence-electron chi connectivity index (χ2n) is 3.35. The largest absolute Gasteiger partial charge is 0.424 e. The smallest absolute Gasteiger partial charge is 0.322 e. The van der Waals surface area contributed by atoms with Crippen LogP contribution in [-0.4, -0.2) is 14.9 Å². The zero-order valence-electron chi connectivity index (χ0n) is 9.03. The Bertz CT molecular complexity index is 540. The predicted molar refractivity (Wildman–Crippen MR) is 59.9 cm³/mol. The first-order valence-corrected chi connectivity index (χ1v) is 4.87. The van der Waals surface area contributed by atoms with Crippen LogP contribution in [0.1, 0.15) is 5.56 Å². The lowest BCUT2D eigenvalue weighted by atomic mass is 10.2. The summed E-state index contributed by atoms with van der Waals surface area (Å²) in [6, 6.07) is 7.47. The molecule has 6 heteroatoms. The number of nitro groups is 1. The standard InChI is InChI=1S/C11H9N3O3/c1-8-4-2-3-5-10(8)17-11-12-6-9(7-13-11)14(15)16/h2-7H,1H3. The molecule has 0 fully saturated rings. The van der Waals surface area contributed by atoms with Gasteiger partial charge in [-0.15, -0.1) is 0 Å². The fourth-order valence-electron chi connectivity index (χ4n) is 1.23. The van der Waals surface area contributed by atoms with Crippen LogP contribution in [0, 0.1) is 17.0 Å². The van der Waals surface area contributed by atoms with Gasteiger partial charge in [0.05, 0.1) is 4.92 Å². The molecule has 0 aliphatic carbocycles. The van der Waals surface area contributed by atoms with Gasteiger partial charge < -0.3 is 4.74 Å². The number of hydrogen-bond acceptors (Lipinski definition) is 5. The quantitative estimate of drug-likeness (QED) is 0.599. The first-order chi connectivity index (χ1) is 8.16. The van der Waals surface area contributed by atoms with Gasteiger partial charge in [0.15, 0.2) is 0 Å². The van der Waals surface area contributed by atoms with Gasteiger partial charge in [0.2, 0.25) is 0 Å². The maximum absolute atomic E-state index is 10.4. The van der Waals surface area contributed by atoms with Crippen LogP contribution < -0.4 is 4.74 Å². The molecular formula is C11H9N3O3. The SMILES string of the molecule is Cc1ccccc1Oc1ncc([N+](=O)[O-])cn1. The lowest BCUT2D eigenvalue weighted by molar-refractivity contribution is -0.385. The van der Waals surface area contributed by atoms with Crippen molar-refractivity contribution >= 4 is 5.69 Å². The molecule has 0 aliphatic heterocycles. The van der Waals surface area contributed by atoms with Gasteiger partial charge in [-0.3, -0.25) is 10.1 Å². The topological polar surface area (TPSA) is 78.2 Å². The van der Waals surface area contributed by atoms with Crippen LogP contribution in [0.2, 0.25) is 0 Å². The van der Waals surface area contributed by atoms with Crippen molar-refractivity contribution in [1.82, 2.24) is 9.97 Å². The van der Waals surface area contributed by atoms with E-state index >= 15 is 0 Å². The summed E-state index contributed by atoms with van der Waals surface area (Å²) in [6.07, 6.45) is 2.22. The number of aromatic nitrogens is 2. The zero-order valence-corrected chi connectivity index (χ0v) is 9.03. The Labute approximate surface area is 97.1 Å². The summed E-state index contributed by atoms with van der Waals surface area (Å²) in [7, 11) is 0. The zero-order chi connectivity index (χ0) is 12.3. The number of rotatable bonds is 3. The third kappa shape index (κ3) is 2.54. The minimum atomic E-state index is -0.558. The van der Waals surface area contributed by atoms with Gasteiger partial charge in [0.25, 0.3) is 0 Å². The van der Waals surface area contributed by atoms with Crippen LogP contribution in [0.25, 0.3) is 0 Å². The highest BCUT2D eigenvalue weighted by molar-refractivity contribution is 5.34. The molecule has 0 saturated heterocycles. The third-order valence-electron chi connectivity index (χ3n) is 2.12. The van der Waals surface area contributed by atoms with Crippen LogP contribution in [0.4, 0.5) is 5.69 Å². The fraction of sp³-hybridized carbons (Fsp3) is 0.0909. The second kappa shape index (κ2) is 4.56. The molecule has 0 saturated carbocycles. The van der Waals surface area contributed by atoms with Gasteiger partial charge in [0, 0.05) is 0 Å². The van der Waals surface area contributed by atoms with E-state index in [4.69, 9.17) is 4.74 Å². The molecule has 1 aromatic heterocycles. The highest BCUT2D eigenvalue weighted by atomic mass is 16.6. The summed E-state index contributed by atoms with van der Waals surface area (Å²) in [4.78, 5) is 17.4. The molecule has 0 bridgehead atoms. The minimum absolute atomic E-state index is 0.0879. The van der Waals surface area contributed by atoms with Gasteiger partial charge in [-0.1, -0.05) is 18.2 Å². The summed E-state index contributed by atoms with van der Waals surface area (Å²) in [5.41, 5.74) is 0.775. The molecular weight excluding hydrogens is 222 g/mol. The molecule has 0 atom stereocenters. The van der Waals surface area contributed by atoms with Crippen LogP contribution in [-0.2, 0) is 0 Å². The molecule has 1 heterocycles. The van der Waals surface area contributed by atoms with E-state index in [9.17, 15) is 10.1 Å². The van der Waals surface area contributed by atoms with E-state index < -0.39 is 4.92 Å². The van der Waals surface area contributed by atoms with E-state index in [-0.39, 0.29) is 11.7 Å². The number of ether oxygens (including phenoxy) is 1. The molecule has 0 N–H and O–H groups in total. The summed E-state index contributed by atoms with van der Waals surface area (Å²) < 4.78 is 5.40. The van der Waals surface area contributed by atoms with Gasteiger partial charge in [-0.05, 0) is 18.6 Å². The van der Waals surface area contributed by atoms with E-state index in [1.165, 1.54) is 0 Å². The van der Waals surface area contributed by atoms with E-state index in [0.717, 1.165) is 18.0 Å². The molecule has 86 valence electrons. The first-order valence-electron chi connectivity index (χ1n) is 4.87. The van der Waals surface area contributed by atoms with Crippen molar-refractivity contribution in [3.63, 3.8) is 0 Å². The predicted octanol–water partition coefficient (Wildman–Crippen LogP) is 2.49. The lowest BCUT2D eigenvalue weighted by Crippen LogP contribution is -1.95. The van der Waals surface area contributed by atoms with E-state index in [0.29, 0.717) is 5.75 Å². The first kappa shape index (κ1) is 11.0. The molecule has 17 heavy (non-hydrogen) atoms. The van der Waals surface area contributed by atoms with E-state index in [1.54, 1.807) is 6.07 Å². The average Bonchev–Trinajstić information content (AvgIpc) is 2.33. The normalized spacial score (nSPS) is 9.94. The van der Waals surface area contributed by atoms with Crippen molar-refractivity contribution in [2.24, 2.45) is 0 Å². The molecule has 2 aromatic rings. The molecule has 0 unspecified atom stereocenters. The Kier molecular flexibility index (Phi) is 2.95. The Hall–Kier alpha value is -2.50. The van der Waals surface area contributed by atoms with E-state index in [1.807, 2.05) is 25.1 Å². The third-order valence-corrected chi connectivity index (χ3v) is 2.12. The number of benzene rings is 1. The van der Waals surface area contributed by atoms with Gasteiger partial charge in [0.1, 0.15) is 18.1 Å². The Balaban J connectivity index is 2.20. The fourth-order valence-corrected chi connectivity index (χ4v) is 1.23. The van der Waals surface area contributed by atoms with Crippen LogP contribution in [0.15, 0.2) is 36.7 Å². The molecule has 6 nitrogen and oxygen atoms in total.